The van der Waals surface area contributed by atoms with E-state index in [1.165, 1.54) is 11.1 Å². The summed E-state index contributed by atoms with van der Waals surface area (Å²) in [5.74, 6) is 1.57. The van der Waals surface area contributed by atoms with Gasteiger partial charge in [-0.1, -0.05) is 0 Å². The summed E-state index contributed by atoms with van der Waals surface area (Å²) in [5.41, 5.74) is 2.71. The molecular formula is C18H26N2O2. The van der Waals surface area contributed by atoms with Crippen molar-refractivity contribution >= 4 is 0 Å². The normalized spacial score (nSPS) is 20.1. The van der Waals surface area contributed by atoms with Gasteiger partial charge in [-0.2, -0.15) is 5.26 Å². The van der Waals surface area contributed by atoms with E-state index in [4.69, 9.17) is 14.7 Å². The second-order valence-corrected chi connectivity index (χ2v) is 6.57. The molecule has 1 heterocycles. The van der Waals surface area contributed by atoms with Gasteiger partial charge in [0, 0.05) is 18.0 Å². The van der Waals surface area contributed by atoms with E-state index in [2.05, 4.69) is 44.0 Å². The lowest BCUT2D eigenvalue weighted by Gasteiger charge is -2.47. The van der Waals surface area contributed by atoms with E-state index < -0.39 is 0 Å². The van der Waals surface area contributed by atoms with Crippen LogP contribution in [-0.4, -0.2) is 31.7 Å². The van der Waals surface area contributed by atoms with E-state index in [0.717, 1.165) is 30.8 Å². The molecule has 4 heteroatoms. The molecule has 0 aromatic heterocycles. The maximum atomic E-state index is 8.81. The Kier molecular flexibility index (Phi) is 4.97. The fourth-order valence-corrected chi connectivity index (χ4v) is 3.34. The van der Waals surface area contributed by atoms with Crippen LogP contribution in [0.1, 0.15) is 50.3 Å². The second kappa shape index (κ2) is 6.58. The Hall–Kier alpha value is -1.73. The summed E-state index contributed by atoms with van der Waals surface area (Å²) in [4.78, 5) is 2.43. The molecule has 2 rings (SSSR count). The number of rotatable bonds is 5. The predicted molar refractivity (Wildman–Crippen MR) is 87.3 cm³/mol. The van der Waals surface area contributed by atoms with Crippen LogP contribution in [0.5, 0.6) is 11.5 Å². The van der Waals surface area contributed by atoms with Crippen LogP contribution in [0.3, 0.4) is 0 Å². The Balaban J connectivity index is 2.44. The topological polar surface area (TPSA) is 45.5 Å². The minimum atomic E-state index is 0.0872. The quantitative estimate of drug-likeness (QED) is 0.778. The summed E-state index contributed by atoms with van der Waals surface area (Å²) in [7, 11) is 5.52. The summed E-state index contributed by atoms with van der Waals surface area (Å²) >= 11 is 0. The molecule has 1 unspecified atom stereocenters. The number of hydrogen-bond donors (Lipinski definition) is 0. The lowest BCUT2D eigenvalue weighted by atomic mass is 9.80. The van der Waals surface area contributed by atoms with Crippen LogP contribution in [0.4, 0.5) is 0 Å². The van der Waals surface area contributed by atoms with E-state index in [9.17, 15) is 0 Å². The number of nitrogens with zero attached hydrogens (tertiary/aromatic N) is 2. The number of nitriles is 1. The molecule has 1 atom stereocenters. The number of fused-ring (bicyclic) bond motifs is 1. The van der Waals surface area contributed by atoms with E-state index in [1.54, 1.807) is 14.2 Å². The zero-order valence-corrected chi connectivity index (χ0v) is 14.3. The van der Waals surface area contributed by atoms with Crippen molar-refractivity contribution in [1.29, 1.82) is 5.26 Å². The van der Waals surface area contributed by atoms with Crippen LogP contribution in [0.15, 0.2) is 12.1 Å². The van der Waals surface area contributed by atoms with Gasteiger partial charge in [-0.25, -0.2) is 0 Å². The Labute approximate surface area is 133 Å². The SMILES string of the molecule is COc1cc2c(cc1OC)C(CCCC#N)N(C)C(C)(C)C2. The fraction of sp³-hybridized carbons (Fsp3) is 0.611. The zero-order chi connectivity index (χ0) is 16.3. The molecule has 120 valence electrons. The van der Waals surface area contributed by atoms with Crippen molar-refractivity contribution in [3.8, 4) is 17.6 Å². The third-order valence-corrected chi connectivity index (χ3v) is 4.82. The van der Waals surface area contributed by atoms with Gasteiger partial charge in [0.1, 0.15) is 0 Å². The van der Waals surface area contributed by atoms with Crippen molar-refractivity contribution in [1.82, 2.24) is 4.90 Å². The Morgan fingerprint density at radius 1 is 1.27 bits per heavy atom. The van der Waals surface area contributed by atoms with Gasteiger partial charge in [0.25, 0.3) is 0 Å². The number of unbranched alkanes of at least 4 members (excludes halogenated alkanes) is 1. The number of ether oxygens (including phenoxy) is 2. The van der Waals surface area contributed by atoms with Gasteiger partial charge >= 0.3 is 0 Å². The van der Waals surface area contributed by atoms with Gasteiger partial charge in [0.2, 0.25) is 0 Å². The molecule has 0 amide bonds. The van der Waals surface area contributed by atoms with Gasteiger partial charge < -0.3 is 9.47 Å². The van der Waals surface area contributed by atoms with Crippen LogP contribution >= 0.6 is 0 Å². The standard InChI is InChI=1S/C18H26N2O2/c1-18(2)12-13-10-16(21-4)17(22-5)11-14(13)15(20(18)3)8-6-7-9-19/h10-11,15H,6-8,12H2,1-5H3. The molecule has 4 nitrogen and oxygen atoms in total. The van der Waals surface area contributed by atoms with Gasteiger partial charge in [0.15, 0.2) is 11.5 Å². The van der Waals surface area contributed by atoms with E-state index in [1.807, 2.05) is 0 Å². The van der Waals surface area contributed by atoms with E-state index in [0.29, 0.717) is 12.5 Å². The van der Waals surface area contributed by atoms with Crippen LogP contribution in [0, 0.1) is 11.3 Å². The number of benzene rings is 1. The molecular weight excluding hydrogens is 276 g/mol. The Bertz CT molecular complexity index is 575. The van der Waals surface area contributed by atoms with Crippen LogP contribution < -0.4 is 9.47 Å². The maximum Gasteiger partial charge on any atom is 0.161 e. The number of hydrogen-bond acceptors (Lipinski definition) is 4. The largest absolute Gasteiger partial charge is 0.493 e. The highest BCUT2D eigenvalue weighted by atomic mass is 16.5. The van der Waals surface area contributed by atoms with Crippen molar-refractivity contribution in [3.63, 3.8) is 0 Å². The summed E-state index contributed by atoms with van der Waals surface area (Å²) < 4.78 is 10.9. The molecule has 0 spiro atoms. The molecule has 0 bridgehead atoms. The molecule has 0 saturated heterocycles. The van der Waals surface area contributed by atoms with Crippen molar-refractivity contribution in [2.24, 2.45) is 0 Å². The van der Waals surface area contributed by atoms with E-state index >= 15 is 0 Å². The average molecular weight is 302 g/mol. The average Bonchev–Trinajstić information content (AvgIpc) is 2.49. The second-order valence-electron chi connectivity index (χ2n) is 6.57. The third-order valence-electron chi connectivity index (χ3n) is 4.82. The molecule has 0 radical (unpaired) electrons. The lowest BCUT2D eigenvalue weighted by Crippen LogP contribution is -2.48. The number of likely N-dealkylation sites (N-methyl/N-ethyl adjacent to an activating group) is 1. The maximum absolute atomic E-state index is 8.81. The van der Waals surface area contributed by atoms with E-state index in [-0.39, 0.29) is 5.54 Å². The molecule has 22 heavy (non-hydrogen) atoms. The molecule has 1 aromatic rings. The fourth-order valence-electron chi connectivity index (χ4n) is 3.34. The molecule has 0 aliphatic carbocycles. The van der Waals surface area contributed by atoms with Crippen molar-refractivity contribution in [2.75, 3.05) is 21.3 Å². The van der Waals surface area contributed by atoms with Crippen LogP contribution in [0.25, 0.3) is 0 Å². The van der Waals surface area contributed by atoms with Gasteiger partial charge in [-0.15, -0.1) is 0 Å². The first-order valence-electron chi connectivity index (χ1n) is 7.79. The molecule has 0 saturated carbocycles. The van der Waals surface area contributed by atoms with Gasteiger partial charge in [-0.05, 0) is 63.4 Å². The predicted octanol–water partition coefficient (Wildman–Crippen LogP) is 3.71. The molecule has 0 fully saturated rings. The first kappa shape index (κ1) is 16.6. The first-order valence-corrected chi connectivity index (χ1v) is 7.79. The van der Waals surface area contributed by atoms with Crippen molar-refractivity contribution in [3.05, 3.63) is 23.3 Å². The van der Waals surface area contributed by atoms with Crippen molar-refractivity contribution in [2.45, 2.75) is 51.1 Å². The number of methoxy groups -OCH3 is 2. The van der Waals surface area contributed by atoms with Crippen LogP contribution in [-0.2, 0) is 6.42 Å². The third kappa shape index (κ3) is 3.05. The minimum Gasteiger partial charge on any atom is -0.493 e. The van der Waals surface area contributed by atoms with Gasteiger partial charge in [0.05, 0.1) is 20.3 Å². The molecule has 1 aliphatic rings. The van der Waals surface area contributed by atoms with Crippen molar-refractivity contribution < 1.29 is 9.47 Å². The minimum absolute atomic E-state index is 0.0872. The summed E-state index contributed by atoms with van der Waals surface area (Å²) in [6.45, 7) is 4.54. The summed E-state index contributed by atoms with van der Waals surface area (Å²) in [6.07, 6.45) is 3.48. The van der Waals surface area contributed by atoms with Gasteiger partial charge in [-0.3, -0.25) is 4.90 Å². The van der Waals surface area contributed by atoms with Crippen LogP contribution in [0.2, 0.25) is 0 Å². The molecule has 1 aliphatic heterocycles. The Morgan fingerprint density at radius 2 is 1.91 bits per heavy atom. The summed E-state index contributed by atoms with van der Waals surface area (Å²) in [6, 6.07) is 6.78. The lowest BCUT2D eigenvalue weighted by molar-refractivity contribution is 0.0786. The zero-order valence-electron chi connectivity index (χ0n) is 14.3. The highest BCUT2D eigenvalue weighted by molar-refractivity contribution is 5.50. The summed E-state index contributed by atoms with van der Waals surface area (Å²) in [5, 5.41) is 8.81. The first-order chi connectivity index (χ1) is 10.4. The Morgan fingerprint density at radius 3 is 2.50 bits per heavy atom. The molecule has 1 aromatic carbocycles. The smallest absolute Gasteiger partial charge is 0.161 e. The monoisotopic (exact) mass is 302 g/mol. The highest BCUT2D eigenvalue weighted by Gasteiger charge is 2.37. The highest BCUT2D eigenvalue weighted by Crippen LogP contribution is 2.44. The molecule has 0 N–H and O–H groups in total.